The first-order valence-corrected chi connectivity index (χ1v) is 1.76. The molecule has 0 spiro atoms. The maximum atomic E-state index is 9.00. The van der Waals surface area contributed by atoms with Crippen molar-refractivity contribution in [2.75, 3.05) is 0 Å². The second-order valence-corrected chi connectivity index (χ2v) is 0.974. The van der Waals surface area contributed by atoms with E-state index in [1.807, 2.05) is 0 Å². The van der Waals surface area contributed by atoms with E-state index in [-0.39, 0.29) is 25.4 Å². The van der Waals surface area contributed by atoms with Gasteiger partial charge in [0.25, 0.3) is 5.97 Å². The van der Waals surface area contributed by atoms with Crippen molar-refractivity contribution in [3.05, 3.63) is 0 Å². The number of carboxylic acids is 1. The average Bonchev–Trinajstić information content (AvgIpc) is 1.25. The fourth-order valence-corrected chi connectivity index (χ4v) is 0. The van der Waals surface area contributed by atoms with Crippen LogP contribution in [0.2, 0.25) is 0 Å². The Kier molecular flexibility index (Phi) is 18.2. The molecule has 50 valence electrons. The predicted molar refractivity (Wildman–Crippen MR) is 29.4 cm³/mol. The van der Waals surface area contributed by atoms with Crippen molar-refractivity contribution in [1.82, 2.24) is 0 Å². The van der Waals surface area contributed by atoms with Crippen LogP contribution in [0.25, 0.3) is 0 Å². The van der Waals surface area contributed by atoms with Crippen molar-refractivity contribution >= 4 is 11.9 Å². The normalized spacial score (nSPS) is 5.44. The van der Waals surface area contributed by atoms with Gasteiger partial charge in [-0.3, -0.25) is 10.2 Å². The minimum absolute atomic E-state index is 0. The summed E-state index contributed by atoms with van der Waals surface area (Å²) < 4.78 is 0. The summed E-state index contributed by atoms with van der Waals surface area (Å²) in [4.78, 5) is 9.00. The average molecular weight is 185 g/mol. The number of hydrogen-bond acceptors (Lipinski definition) is 2. The Balaban J connectivity index is -0.0000000720. The summed E-state index contributed by atoms with van der Waals surface area (Å²) >= 11 is 0. The molecule has 0 saturated heterocycles. The molecule has 0 aliphatic carbocycles. The van der Waals surface area contributed by atoms with Gasteiger partial charge in [-0.05, 0) is 0 Å². The summed E-state index contributed by atoms with van der Waals surface area (Å²) in [6.45, 7) is 1.08. The zero-order chi connectivity index (χ0) is 7.15. The van der Waals surface area contributed by atoms with Gasteiger partial charge in [-0.25, -0.2) is 0 Å². The largest absolute Gasteiger partial charge is 0.481 e. The monoisotopic (exact) mass is 183 g/mol. The van der Waals surface area contributed by atoms with Crippen LogP contribution < -0.4 is 11.5 Å². The Morgan fingerprint density at radius 1 is 1.56 bits per heavy atom. The number of guanidine groups is 1. The minimum Gasteiger partial charge on any atom is -0.481 e. The molecule has 0 rings (SSSR count). The van der Waals surface area contributed by atoms with Crippen molar-refractivity contribution in [2.45, 2.75) is 6.92 Å². The van der Waals surface area contributed by atoms with Crippen LogP contribution in [-0.2, 0) is 24.3 Å². The third-order valence-electron chi connectivity index (χ3n) is 0. The van der Waals surface area contributed by atoms with Gasteiger partial charge in [0.15, 0.2) is 5.96 Å². The summed E-state index contributed by atoms with van der Waals surface area (Å²) in [5, 5.41) is 13.5. The van der Waals surface area contributed by atoms with Crippen LogP contribution in [0.5, 0.6) is 0 Å². The van der Waals surface area contributed by atoms with E-state index in [1.54, 1.807) is 0 Å². The summed E-state index contributed by atoms with van der Waals surface area (Å²) in [6.07, 6.45) is 0. The first kappa shape index (κ1) is 15.8. The quantitative estimate of drug-likeness (QED) is 0.218. The molecule has 0 bridgehead atoms. The molecule has 0 aliphatic rings. The van der Waals surface area contributed by atoms with E-state index < -0.39 is 5.97 Å². The van der Waals surface area contributed by atoms with Gasteiger partial charge in [-0.2, -0.15) is 0 Å². The van der Waals surface area contributed by atoms with Crippen molar-refractivity contribution in [1.29, 1.82) is 5.41 Å². The zero-order valence-corrected chi connectivity index (χ0v) is 8.18. The van der Waals surface area contributed by atoms with E-state index in [4.69, 9.17) is 15.3 Å². The Labute approximate surface area is 65.7 Å². The molecule has 0 saturated carbocycles. The first-order chi connectivity index (χ1) is 3.46. The summed E-state index contributed by atoms with van der Waals surface area (Å²) in [5.74, 6) is -1.17. The molecule has 0 aliphatic heterocycles. The van der Waals surface area contributed by atoms with Gasteiger partial charge >= 0.3 is 0 Å². The minimum atomic E-state index is -0.833. The molecule has 0 unspecified atom stereocenters. The topological polar surface area (TPSA) is 113 Å². The molecule has 0 heterocycles. The SMILES string of the molecule is CC(=O)O.N=C(N)N.[Zn]. The van der Waals surface area contributed by atoms with Crippen LogP contribution in [-0.4, -0.2) is 17.0 Å². The number of carbonyl (C=O) groups is 1. The molecule has 5 nitrogen and oxygen atoms in total. The number of nitrogens with one attached hydrogen (secondary N) is 1. The second kappa shape index (κ2) is 10.4. The molecule has 6 N–H and O–H groups in total. The first-order valence-electron chi connectivity index (χ1n) is 1.76. The molecule has 0 atom stereocenters. The van der Waals surface area contributed by atoms with Crippen LogP contribution >= 0.6 is 0 Å². The second-order valence-electron chi connectivity index (χ2n) is 0.974. The molecule has 0 amide bonds. The van der Waals surface area contributed by atoms with Crippen LogP contribution in [0.3, 0.4) is 0 Å². The van der Waals surface area contributed by atoms with E-state index in [1.165, 1.54) is 0 Å². The van der Waals surface area contributed by atoms with Gasteiger partial charge in [0.1, 0.15) is 0 Å². The molecule has 0 fully saturated rings. The predicted octanol–water partition coefficient (Wildman–Crippen LogP) is -1.07. The molecular formula is C3H9N3O2Zn. The van der Waals surface area contributed by atoms with Crippen molar-refractivity contribution in [3.8, 4) is 0 Å². The number of carboxylic acid groups (broad SMARTS) is 1. The van der Waals surface area contributed by atoms with Crippen molar-refractivity contribution in [3.63, 3.8) is 0 Å². The van der Waals surface area contributed by atoms with Gasteiger partial charge in [0.05, 0.1) is 0 Å². The maximum absolute atomic E-state index is 9.00. The Bertz CT molecular complexity index is 75.1. The third kappa shape index (κ3) is 523. The fourth-order valence-electron chi connectivity index (χ4n) is 0. The van der Waals surface area contributed by atoms with E-state index in [9.17, 15) is 0 Å². The molecule has 6 heteroatoms. The molecular weight excluding hydrogens is 175 g/mol. The summed E-state index contributed by atoms with van der Waals surface area (Å²) in [7, 11) is 0. The van der Waals surface area contributed by atoms with Crippen LogP contribution in [0.15, 0.2) is 0 Å². The van der Waals surface area contributed by atoms with E-state index in [2.05, 4.69) is 11.5 Å². The van der Waals surface area contributed by atoms with E-state index >= 15 is 0 Å². The Morgan fingerprint density at radius 2 is 1.56 bits per heavy atom. The molecule has 0 aromatic heterocycles. The standard InChI is InChI=1S/C2H4O2.CH5N3.Zn/c1-2(3)4;2-1(3)4;/h1H3,(H,3,4);(H5,2,3,4);. The number of nitrogens with two attached hydrogens (primary N) is 2. The molecule has 9 heavy (non-hydrogen) atoms. The number of rotatable bonds is 0. The maximum Gasteiger partial charge on any atom is 0.300 e. The number of hydrogen-bond donors (Lipinski definition) is 4. The molecule has 0 aromatic carbocycles. The Hall–Kier alpha value is -0.637. The van der Waals surface area contributed by atoms with Crippen LogP contribution in [0.1, 0.15) is 6.92 Å². The van der Waals surface area contributed by atoms with Crippen LogP contribution in [0.4, 0.5) is 0 Å². The van der Waals surface area contributed by atoms with Crippen molar-refractivity contribution in [2.24, 2.45) is 11.5 Å². The Morgan fingerprint density at radius 3 is 1.56 bits per heavy atom. The third-order valence-corrected chi connectivity index (χ3v) is 0. The van der Waals surface area contributed by atoms with Crippen LogP contribution in [0, 0.1) is 5.41 Å². The summed E-state index contributed by atoms with van der Waals surface area (Å²) in [5.41, 5.74) is 8.94. The number of aliphatic carboxylic acids is 1. The molecule has 0 radical (unpaired) electrons. The summed E-state index contributed by atoms with van der Waals surface area (Å²) in [6, 6.07) is 0. The van der Waals surface area contributed by atoms with Gasteiger partial charge in [0.2, 0.25) is 0 Å². The van der Waals surface area contributed by atoms with Gasteiger partial charge < -0.3 is 16.6 Å². The van der Waals surface area contributed by atoms with Gasteiger partial charge in [0, 0.05) is 26.4 Å². The smallest absolute Gasteiger partial charge is 0.300 e. The zero-order valence-electron chi connectivity index (χ0n) is 5.22. The van der Waals surface area contributed by atoms with E-state index in [0.717, 1.165) is 6.92 Å². The van der Waals surface area contributed by atoms with Gasteiger partial charge in [-0.15, -0.1) is 0 Å². The molecule has 0 aromatic rings. The van der Waals surface area contributed by atoms with E-state index in [0.29, 0.717) is 0 Å². The van der Waals surface area contributed by atoms with Crippen molar-refractivity contribution < 1.29 is 29.4 Å². The van der Waals surface area contributed by atoms with Gasteiger partial charge in [-0.1, -0.05) is 0 Å². The fraction of sp³-hybridized carbons (Fsp3) is 0.333.